The van der Waals surface area contributed by atoms with Gasteiger partial charge < -0.3 is 15.0 Å². The second kappa shape index (κ2) is 8.82. The Morgan fingerprint density at radius 2 is 2.03 bits per heavy atom. The Labute approximate surface area is 167 Å². The van der Waals surface area contributed by atoms with Gasteiger partial charge in [-0.3, -0.25) is 0 Å². The van der Waals surface area contributed by atoms with Crippen LogP contribution in [0.2, 0.25) is 0 Å². The van der Waals surface area contributed by atoms with Crippen LogP contribution in [0.5, 0.6) is 0 Å². The molecule has 1 aliphatic rings. The maximum atomic E-state index is 14.5. The number of aryl methyl sites for hydroxylation is 1. The van der Waals surface area contributed by atoms with Gasteiger partial charge in [0.15, 0.2) is 0 Å². The molecule has 2 heterocycles. The number of nitrogens with one attached hydrogen (secondary N) is 1. The predicted molar refractivity (Wildman–Crippen MR) is 101 cm³/mol. The first-order valence-corrected chi connectivity index (χ1v) is 9.18. The van der Waals surface area contributed by atoms with E-state index in [1.165, 1.54) is 12.4 Å². The number of likely N-dealkylation sites (tertiary alicyclic amines) is 1. The highest BCUT2D eigenvalue weighted by molar-refractivity contribution is 5.68. The fourth-order valence-electron chi connectivity index (χ4n) is 3.00. The third kappa shape index (κ3) is 5.38. The van der Waals surface area contributed by atoms with Gasteiger partial charge in [0.2, 0.25) is 5.95 Å². The van der Waals surface area contributed by atoms with Crippen LogP contribution < -0.4 is 5.32 Å². The summed E-state index contributed by atoms with van der Waals surface area (Å²) in [6, 6.07) is 9.35. The van der Waals surface area contributed by atoms with E-state index in [1.54, 1.807) is 0 Å². The molecule has 1 aliphatic heterocycles. The second-order valence-electron chi connectivity index (χ2n) is 7.00. The van der Waals surface area contributed by atoms with Gasteiger partial charge in [-0.1, -0.05) is 29.8 Å². The van der Waals surface area contributed by atoms with E-state index in [-0.39, 0.29) is 32.1 Å². The van der Waals surface area contributed by atoms with Gasteiger partial charge in [-0.05, 0) is 18.9 Å². The molecule has 7 nitrogen and oxygen atoms in total. The Morgan fingerprint density at radius 3 is 2.66 bits per heavy atom. The summed E-state index contributed by atoms with van der Waals surface area (Å²) in [5, 5.41) is 11.5. The number of ether oxygens (including phenoxy) is 1. The number of benzene rings is 1. The predicted octanol–water partition coefficient (Wildman–Crippen LogP) is 3.36. The van der Waals surface area contributed by atoms with Crippen molar-refractivity contribution in [3.63, 3.8) is 0 Å². The third-order valence-corrected chi connectivity index (χ3v) is 4.78. The number of amides is 1. The zero-order valence-corrected chi connectivity index (χ0v) is 15.9. The lowest BCUT2D eigenvalue weighted by molar-refractivity contribution is -0.102. The summed E-state index contributed by atoms with van der Waals surface area (Å²) >= 11 is 0. The molecule has 3 rings (SSSR count). The molecule has 1 N–H and O–H groups in total. The number of rotatable bonds is 5. The topological polar surface area (TPSA) is 91.1 Å². The Bertz CT molecular complexity index is 881. The van der Waals surface area contributed by atoms with Crippen molar-refractivity contribution in [1.29, 1.82) is 5.26 Å². The van der Waals surface area contributed by atoms with Crippen molar-refractivity contribution >= 4 is 12.0 Å². The molecule has 0 saturated carbocycles. The molecule has 0 spiro atoms. The van der Waals surface area contributed by atoms with E-state index < -0.39 is 24.5 Å². The smallest absolute Gasteiger partial charge is 0.410 e. The summed E-state index contributed by atoms with van der Waals surface area (Å²) in [6.45, 7) is 1.45. The highest BCUT2D eigenvalue weighted by Crippen LogP contribution is 2.33. The molecule has 152 valence electrons. The van der Waals surface area contributed by atoms with Crippen LogP contribution in [0.3, 0.4) is 0 Å². The number of nitriles is 1. The monoisotopic (exact) mass is 401 g/mol. The molecule has 1 atom stereocenters. The van der Waals surface area contributed by atoms with Crippen molar-refractivity contribution in [3.05, 3.63) is 53.3 Å². The van der Waals surface area contributed by atoms with E-state index >= 15 is 0 Å². The van der Waals surface area contributed by atoms with Crippen molar-refractivity contribution in [3.8, 4) is 6.07 Å². The lowest BCUT2D eigenvalue weighted by Gasteiger charge is -2.37. The summed E-state index contributed by atoms with van der Waals surface area (Å²) in [4.78, 5) is 21.0. The molecular formula is C20H21F2N5O2. The fraction of sp³-hybridized carbons (Fsp3) is 0.400. The molecule has 2 aromatic rings. The van der Waals surface area contributed by atoms with Crippen molar-refractivity contribution in [2.24, 2.45) is 5.92 Å². The quantitative estimate of drug-likeness (QED) is 0.826. The van der Waals surface area contributed by atoms with Crippen molar-refractivity contribution in [2.45, 2.75) is 25.9 Å². The summed E-state index contributed by atoms with van der Waals surface area (Å²) in [5.74, 6) is -3.86. The number of aromatic nitrogens is 2. The normalized spacial score (nSPS) is 18.0. The molecule has 9 heteroatoms. The van der Waals surface area contributed by atoms with Crippen molar-refractivity contribution in [1.82, 2.24) is 14.9 Å². The van der Waals surface area contributed by atoms with Gasteiger partial charge in [0.05, 0.1) is 24.5 Å². The number of carbonyl (C=O) groups excluding carboxylic acids is 1. The van der Waals surface area contributed by atoms with Gasteiger partial charge in [-0.25, -0.2) is 23.5 Å². The maximum absolute atomic E-state index is 14.5. The molecule has 1 amide bonds. The Morgan fingerprint density at radius 1 is 1.34 bits per heavy atom. The van der Waals surface area contributed by atoms with Crippen molar-refractivity contribution in [2.75, 3.05) is 25.0 Å². The summed E-state index contributed by atoms with van der Waals surface area (Å²) in [7, 11) is 0. The molecule has 1 aromatic heterocycles. The highest BCUT2D eigenvalue weighted by Gasteiger charge is 2.46. The first-order chi connectivity index (χ1) is 13.9. The lowest BCUT2D eigenvalue weighted by atomic mass is 9.93. The van der Waals surface area contributed by atoms with Crippen LogP contribution in [-0.2, 0) is 11.3 Å². The van der Waals surface area contributed by atoms with Crippen LogP contribution in [0, 0.1) is 24.2 Å². The van der Waals surface area contributed by atoms with E-state index in [0.29, 0.717) is 5.56 Å². The minimum absolute atomic E-state index is 0.0366. The highest BCUT2D eigenvalue weighted by atomic mass is 19.3. The number of halogens is 2. The Balaban J connectivity index is 1.50. The van der Waals surface area contributed by atoms with Gasteiger partial charge in [0.1, 0.15) is 12.7 Å². The average molecular weight is 401 g/mol. The number of piperidine rings is 1. The van der Waals surface area contributed by atoms with Crippen LogP contribution in [0.1, 0.15) is 23.1 Å². The van der Waals surface area contributed by atoms with Crippen LogP contribution in [-0.4, -0.2) is 46.5 Å². The number of hydrogen-bond donors (Lipinski definition) is 1. The maximum Gasteiger partial charge on any atom is 0.410 e. The zero-order valence-electron chi connectivity index (χ0n) is 15.9. The summed E-state index contributed by atoms with van der Waals surface area (Å²) in [6.07, 6.45) is 2.02. The molecule has 0 aliphatic carbocycles. The van der Waals surface area contributed by atoms with E-state index in [9.17, 15) is 13.6 Å². The SMILES string of the molecule is Cc1ccc(COC(=O)N2CC[C@@H](CNc3ncc(C#N)cn3)C(F)(F)C2)cc1. The number of anilines is 1. The number of carbonyl (C=O) groups is 1. The molecule has 0 bridgehead atoms. The van der Waals surface area contributed by atoms with Gasteiger partial charge >= 0.3 is 6.09 Å². The Kier molecular flexibility index (Phi) is 6.22. The molecule has 1 aromatic carbocycles. The molecular weight excluding hydrogens is 380 g/mol. The summed E-state index contributed by atoms with van der Waals surface area (Å²) in [5.41, 5.74) is 2.18. The third-order valence-electron chi connectivity index (χ3n) is 4.78. The minimum Gasteiger partial charge on any atom is -0.445 e. The van der Waals surface area contributed by atoms with Crippen LogP contribution in [0.25, 0.3) is 0 Å². The lowest BCUT2D eigenvalue weighted by Crippen LogP contribution is -2.52. The summed E-state index contributed by atoms with van der Waals surface area (Å²) < 4.78 is 34.2. The first-order valence-electron chi connectivity index (χ1n) is 9.18. The van der Waals surface area contributed by atoms with Gasteiger partial charge in [0, 0.05) is 19.0 Å². The zero-order chi connectivity index (χ0) is 20.9. The van der Waals surface area contributed by atoms with Crippen LogP contribution in [0.4, 0.5) is 19.5 Å². The van der Waals surface area contributed by atoms with E-state index in [1.807, 2.05) is 37.3 Å². The fourth-order valence-corrected chi connectivity index (χ4v) is 3.00. The number of alkyl halides is 2. The number of hydrogen-bond acceptors (Lipinski definition) is 6. The first kappa shape index (κ1) is 20.5. The van der Waals surface area contributed by atoms with Gasteiger partial charge in [-0.2, -0.15) is 5.26 Å². The van der Waals surface area contributed by atoms with Crippen LogP contribution >= 0.6 is 0 Å². The van der Waals surface area contributed by atoms with Crippen molar-refractivity contribution < 1.29 is 18.3 Å². The van der Waals surface area contributed by atoms with E-state index in [4.69, 9.17) is 10.00 Å². The average Bonchev–Trinajstić information content (AvgIpc) is 2.72. The molecule has 1 saturated heterocycles. The van der Waals surface area contributed by atoms with Gasteiger partial charge in [0.25, 0.3) is 5.92 Å². The minimum atomic E-state index is -3.07. The van der Waals surface area contributed by atoms with E-state index in [0.717, 1.165) is 16.0 Å². The number of nitrogens with zero attached hydrogens (tertiary/aromatic N) is 4. The molecule has 29 heavy (non-hydrogen) atoms. The van der Waals surface area contributed by atoms with E-state index in [2.05, 4.69) is 15.3 Å². The largest absolute Gasteiger partial charge is 0.445 e. The van der Waals surface area contributed by atoms with Crippen LogP contribution in [0.15, 0.2) is 36.7 Å². The molecule has 0 unspecified atom stereocenters. The molecule has 1 fully saturated rings. The standard InChI is InChI=1S/C20H21F2N5O2/c1-14-2-4-15(5-3-14)12-29-19(28)27-7-6-17(20(21,22)13-27)11-26-18-24-9-16(8-23)10-25-18/h2-5,9-10,17H,6-7,11-13H2,1H3,(H,24,25,26)/t17-/m0/s1. The molecule has 0 radical (unpaired) electrons. The Hall–Kier alpha value is -3.28. The van der Waals surface area contributed by atoms with Gasteiger partial charge in [-0.15, -0.1) is 0 Å². The second-order valence-corrected chi connectivity index (χ2v) is 7.00.